The lowest BCUT2D eigenvalue weighted by Gasteiger charge is -2.37. The Morgan fingerprint density at radius 2 is 1.96 bits per heavy atom. The molecule has 1 saturated carbocycles. The number of piperazine rings is 1. The zero-order chi connectivity index (χ0) is 16.2. The summed E-state index contributed by atoms with van der Waals surface area (Å²) in [6.45, 7) is 6.62. The van der Waals surface area contributed by atoms with Crippen molar-refractivity contribution >= 4 is 11.6 Å². The van der Waals surface area contributed by atoms with Crippen molar-refractivity contribution in [2.75, 3.05) is 44.2 Å². The molecule has 1 heterocycles. The molecule has 1 saturated heterocycles. The fourth-order valence-electron chi connectivity index (χ4n) is 2.83. The largest absolute Gasteiger partial charge is 0.366 e. The van der Waals surface area contributed by atoms with Gasteiger partial charge < -0.3 is 15.1 Å². The summed E-state index contributed by atoms with van der Waals surface area (Å²) in [6, 6.07) is 3.62. The highest BCUT2D eigenvalue weighted by Crippen LogP contribution is 2.29. The molecule has 0 aromatic heterocycles. The zero-order valence-electron chi connectivity index (χ0n) is 13.6. The highest BCUT2D eigenvalue weighted by atomic mass is 19.1. The van der Waals surface area contributed by atoms with Crippen LogP contribution in [0.5, 0.6) is 0 Å². The summed E-state index contributed by atoms with van der Waals surface area (Å²) >= 11 is 0. The summed E-state index contributed by atoms with van der Waals surface area (Å²) in [7, 11) is 0. The number of anilines is 1. The number of nitrogens with one attached hydrogen (secondary N) is 1. The van der Waals surface area contributed by atoms with Crippen LogP contribution in [0, 0.1) is 17.6 Å². The molecule has 6 heteroatoms. The lowest BCUT2D eigenvalue weighted by atomic mass is 10.2. The molecule has 1 aromatic rings. The van der Waals surface area contributed by atoms with Gasteiger partial charge in [0.25, 0.3) is 0 Å². The Kier molecular flexibility index (Phi) is 4.98. The molecule has 1 aliphatic carbocycles. The van der Waals surface area contributed by atoms with Crippen molar-refractivity contribution in [3.8, 4) is 0 Å². The first-order chi connectivity index (χ1) is 11.2. The van der Waals surface area contributed by atoms with Crippen LogP contribution < -0.4 is 10.2 Å². The zero-order valence-corrected chi connectivity index (χ0v) is 13.6. The van der Waals surface area contributed by atoms with Gasteiger partial charge in [0.05, 0.1) is 5.69 Å². The second-order valence-electron chi connectivity index (χ2n) is 6.21. The number of halogens is 2. The predicted octanol–water partition coefficient (Wildman–Crippen LogP) is 2.46. The first-order valence-electron chi connectivity index (χ1n) is 8.40. The monoisotopic (exact) mass is 322 g/mol. The maximum Gasteiger partial charge on any atom is 0.194 e. The van der Waals surface area contributed by atoms with Crippen LogP contribution in [0.1, 0.15) is 19.8 Å². The SMILES string of the molecule is CCNC(=NCC1CC1)N1CCN(c2cc(F)ccc2F)CC1. The van der Waals surface area contributed by atoms with Gasteiger partial charge >= 0.3 is 0 Å². The number of guanidine groups is 1. The van der Waals surface area contributed by atoms with Gasteiger partial charge in [0, 0.05) is 45.3 Å². The molecule has 126 valence electrons. The summed E-state index contributed by atoms with van der Waals surface area (Å²) in [5, 5.41) is 3.33. The quantitative estimate of drug-likeness (QED) is 0.682. The number of aliphatic imine (C=N–C) groups is 1. The van der Waals surface area contributed by atoms with Crippen molar-refractivity contribution in [2.24, 2.45) is 10.9 Å². The highest BCUT2D eigenvalue weighted by molar-refractivity contribution is 5.80. The second kappa shape index (κ2) is 7.15. The maximum absolute atomic E-state index is 13.9. The molecule has 0 amide bonds. The van der Waals surface area contributed by atoms with Crippen molar-refractivity contribution in [3.05, 3.63) is 29.8 Å². The van der Waals surface area contributed by atoms with Gasteiger partial charge in [0.15, 0.2) is 5.96 Å². The Morgan fingerprint density at radius 3 is 2.61 bits per heavy atom. The van der Waals surface area contributed by atoms with E-state index in [2.05, 4.69) is 17.1 Å². The molecule has 2 aliphatic rings. The Bertz CT molecular complexity index is 564. The van der Waals surface area contributed by atoms with E-state index in [0.717, 1.165) is 44.1 Å². The lowest BCUT2D eigenvalue weighted by molar-refractivity contribution is 0.370. The lowest BCUT2D eigenvalue weighted by Crippen LogP contribution is -2.52. The second-order valence-corrected chi connectivity index (χ2v) is 6.21. The summed E-state index contributed by atoms with van der Waals surface area (Å²) in [4.78, 5) is 8.82. The van der Waals surface area contributed by atoms with Gasteiger partial charge in [-0.3, -0.25) is 4.99 Å². The average molecular weight is 322 g/mol. The number of nitrogens with zero attached hydrogens (tertiary/aromatic N) is 3. The van der Waals surface area contributed by atoms with Crippen molar-refractivity contribution in [2.45, 2.75) is 19.8 Å². The minimum atomic E-state index is -0.400. The number of rotatable bonds is 4. The third-order valence-corrected chi connectivity index (χ3v) is 4.36. The van der Waals surface area contributed by atoms with E-state index in [1.54, 1.807) is 0 Å². The van der Waals surface area contributed by atoms with E-state index < -0.39 is 5.82 Å². The Labute approximate surface area is 136 Å². The van der Waals surface area contributed by atoms with Crippen molar-refractivity contribution < 1.29 is 8.78 Å². The van der Waals surface area contributed by atoms with Crippen LogP contribution in [-0.2, 0) is 0 Å². The minimum Gasteiger partial charge on any atom is -0.366 e. The van der Waals surface area contributed by atoms with E-state index in [-0.39, 0.29) is 5.82 Å². The molecule has 1 aliphatic heterocycles. The fraction of sp³-hybridized carbons (Fsp3) is 0.588. The van der Waals surface area contributed by atoms with Gasteiger partial charge in [-0.15, -0.1) is 0 Å². The van der Waals surface area contributed by atoms with E-state index in [0.29, 0.717) is 18.8 Å². The van der Waals surface area contributed by atoms with E-state index in [4.69, 9.17) is 4.99 Å². The summed E-state index contributed by atoms with van der Waals surface area (Å²) in [6.07, 6.45) is 2.57. The molecule has 0 unspecified atom stereocenters. The van der Waals surface area contributed by atoms with Gasteiger partial charge in [-0.1, -0.05) is 0 Å². The molecule has 0 spiro atoms. The standard InChI is InChI=1S/C17H24F2N4/c1-2-20-17(21-12-13-3-4-13)23-9-7-22(8-10-23)16-11-14(18)5-6-15(16)19/h5-6,11,13H,2-4,7-10,12H2,1H3,(H,20,21). The van der Waals surface area contributed by atoms with Crippen molar-refractivity contribution in [1.29, 1.82) is 0 Å². The highest BCUT2D eigenvalue weighted by Gasteiger charge is 2.24. The van der Waals surface area contributed by atoms with Crippen LogP contribution in [0.4, 0.5) is 14.5 Å². The maximum atomic E-state index is 13.9. The fourth-order valence-corrected chi connectivity index (χ4v) is 2.83. The minimum absolute atomic E-state index is 0.351. The molecule has 2 fully saturated rings. The molecule has 4 nitrogen and oxygen atoms in total. The molecule has 0 bridgehead atoms. The van der Waals surface area contributed by atoms with Crippen LogP contribution in [0.3, 0.4) is 0 Å². The van der Waals surface area contributed by atoms with Crippen LogP contribution in [0.25, 0.3) is 0 Å². The Hall–Kier alpha value is -1.85. The van der Waals surface area contributed by atoms with Gasteiger partial charge in [-0.25, -0.2) is 8.78 Å². The number of hydrogen-bond acceptors (Lipinski definition) is 2. The normalized spacial score (nSPS) is 19.2. The Balaban J connectivity index is 1.62. The summed E-state index contributed by atoms with van der Waals surface area (Å²) in [5.74, 6) is 0.933. The molecule has 23 heavy (non-hydrogen) atoms. The third kappa shape index (κ3) is 4.12. The van der Waals surface area contributed by atoms with Crippen LogP contribution in [-0.4, -0.2) is 50.1 Å². The first-order valence-corrected chi connectivity index (χ1v) is 8.40. The van der Waals surface area contributed by atoms with E-state index >= 15 is 0 Å². The molecule has 0 radical (unpaired) electrons. The average Bonchev–Trinajstić information content (AvgIpc) is 3.38. The third-order valence-electron chi connectivity index (χ3n) is 4.36. The molecule has 1 N–H and O–H groups in total. The number of benzene rings is 1. The molecule has 0 atom stereocenters. The van der Waals surface area contributed by atoms with E-state index in [1.165, 1.54) is 25.0 Å². The van der Waals surface area contributed by atoms with E-state index in [9.17, 15) is 8.78 Å². The van der Waals surface area contributed by atoms with Crippen molar-refractivity contribution in [3.63, 3.8) is 0 Å². The predicted molar refractivity (Wildman–Crippen MR) is 88.8 cm³/mol. The first kappa shape index (κ1) is 16.0. The number of hydrogen-bond donors (Lipinski definition) is 1. The van der Waals surface area contributed by atoms with E-state index in [1.807, 2.05) is 4.90 Å². The molecular weight excluding hydrogens is 298 g/mol. The van der Waals surface area contributed by atoms with Crippen LogP contribution in [0.2, 0.25) is 0 Å². The molecular formula is C17H24F2N4. The van der Waals surface area contributed by atoms with Gasteiger partial charge in [-0.05, 0) is 37.8 Å². The van der Waals surface area contributed by atoms with Crippen LogP contribution in [0.15, 0.2) is 23.2 Å². The summed E-state index contributed by atoms with van der Waals surface area (Å²) < 4.78 is 27.2. The van der Waals surface area contributed by atoms with Gasteiger partial charge in [0.1, 0.15) is 11.6 Å². The van der Waals surface area contributed by atoms with Gasteiger partial charge in [-0.2, -0.15) is 0 Å². The molecule has 1 aromatic carbocycles. The Morgan fingerprint density at radius 1 is 1.22 bits per heavy atom. The molecule has 3 rings (SSSR count). The van der Waals surface area contributed by atoms with Crippen LogP contribution >= 0.6 is 0 Å². The van der Waals surface area contributed by atoms with Crippen molar-refractivity contribution in [1.82, 2.24) is 10.2 Å². The topological polar surface area (TPSA) is 30.9 Å². The summed E-state index contributed by atoms with van der Waals surface area (Å²) in [5.41, 5.74) is 0.351. The smallest absolute Gasteiger partial charge is 0.194 e. The van der Waals surface area contributed by atoms with Gasteiger partial charge in [0.2, 0.25) is 0 Å².